The summed E-state index contributed by atoms with van der Waals surface area (Å²) < 4.78 is 8.80. The number of benzene rings is 16. The Bertz CT molecular complexity index is 5670. The van der Waals surface area contributed by atoms with E-state index in [0.29, 0.717) is 0 Å². The van der Waals surface area contributed by atoms with Crippen molar-refractivity contribution in [1.29, 1.82) is 0 Å². The minimum atomic E-state index is 0.909. The van der Waals surface area contributed by atoms with E-state index in [-0.39, 0.29) is 0 Å². The van der Waals surface area contributed by atoms with E-state index < -0.39 is 0 Å². The molecule has 0 bridgehead atoms. The summed E-state index contributed by atoms with van der Waals surface area (Å²) in [5.41, 5.74) is 28.9. The Morgan fingerprint density at radius 1 is 0.188 bits per heavy atom. The van der Waals surface area contributed by atoms with Gasteiger partial charge in [0.25, 0.3) is 0 Å². The predicted octanol–water partition coefficient (Wildman–Crippen LogP) is 27.1. The predicted molar refractivity (Wildman–Crippen MR) is 425 cm³/mol. The normalized spacial score (nSPS) is 11.4. The summed E-state index contributed by atoms with van der Waals surface area (Å²) in [5.74, 6) is 0. The molecule has 0 aliphatic heterocycles. The van der Waals surface area contributed by atoms with Gasteiger partial charge in [0.1, 0.15) is 11.2 Å². The van der Waals surface area contributed by atoms with Crippen LogP contribution in [0, 0.1) is 0 Å². The van der Waals surface area contributed by atoms with Crippen LogP contribution in [0.5, 0.6) is 0 Å². The van der Waals surface area contributed by atoms with Crippen molar-refractivity contribution in [2.24, 2.45) is 0 Å². The van der Waals surface area contributed by atoms with Gasteiger partial charge < -0.3 is 23.7 Å². The Kier molecular flexibility index (Phi) is 15.5. The number of hydrogen-bond acceptors (Lipinski definition) is 4. The van der Waals surface area contributed by atoms with Gasteiger partial charge in [0.05, 0.1) is 11.0 Å². The minimum absolute atomic E-state index is 0.909. The second-order valence-electron chi connectivity index (χ2n) is 25.6. The fourth-order valence-corrected chi connectivity index (χ4v) is 14.6. The van der Waals surface area contributed by atoms with Gasteiger partial charge in [0.15, 0.2) is 0 Å². The minimum Gasteiger partial charge on any atom is -0.455 e. The van der Waals surface area contributed by atoms with Gasteiger partial charge in [-0.05, 0) is 207 Å². The molecule has 18 rings (SSSR count). The Balaban J connectivity index is 0.610. The molecule has 0 amide bonds. The molecule has 0 N–H and O–H groups in total. The molecule has 0 unspecified atom stereocenters. The van der Waals surface area contributed by atoms with Gasteiger partial charge >= 0.3 is 0 Å². The van der Waals surface area contributed by atoms with Crippen molar-refractivity contribution in [3.63, 3.8) is 0 Å². The zero-order chi connectivity index (χ0) is 67.0. The van der Waals surface area contributed by atoms with Crippen LogP contribution in [-0.2, 0) is 0 Å². The first-order chi connectivity index (χ1) is 50.1. The van der Waals surface area contributed by atoms with Gasteiger partial charge in [-0.1, -0.05) is 255 Å². The number of nitrogens with zero attached hydrogens (tertiary/aromatic N) is 4. The van der Waals surface area contributed by atoms with Crippen molar-refractivity contribution in [2.45, 2.75) is 0 Å². The summed E-state index contributed by atoms with van der Waals surface area (Å²) in [6.07, 6.45) is 0. The third-order valence-electron chi connectivity index (χ3n) is 19.6. The van der Waals surface area contributed by atoms with Crippen molar-refractivity contribution < 1.29 is 4.42 Å². The zero-order valence-corrected chi connectivity index (χ0v) is 55.3. The van der Waals surface area contributed by atoms with Crippen molar-refractivity contribution in [3.8, 4) is 72.4 Å². The van der Waals surface area contributed by atoms with Crippen LogP contribution in [0.4, 0.5) is 51.2 Å². The molecule has 476 valence electrons. The lowest BCUT2D eigenvalue weighted by Crippen LogP contribution is -2.10. The molecule has 0 saturated carbocycles. The van der Waals surface area contributed by atoms with Crippen molar-refractivity contribution in [2.75, 3.05) is 14.7 Å². The smallest absolute Gasteiger partial charge is 0.143 e. The first-order valence-corrected chi connectivity index (χ1v) is 34.4. The molecule has 2 aromatic heterocycles. The molecule has 0 fully saturated rings. The van der Waals surface area contributed by atoms with E-state index in [0.717, 1.165) is 134 Å². The van der Waals surface area contributed by atoms with Gasteiger partial charge in [-0.3, -0.25) is 0 Å². The van der Waals surface area contributed by atoms with Crippen LogP contribution in [0.15, 0.2) is 405 Å². The Hall–Kier alpha value is -13.5. The maximum absolute atomic E-state index is 6.41. The highest BCUT2D eigenvalue weighted by Gasteiger charge is 2.20. The highest BCUT2D eigenvalue weighted by molar-refractivity contribution is 6.11. The number of fused-ring (bicyclic) bond motifs is 6. The number of anilines is 9. The second-order valence-corrected chi connectivity index (χ2v) is 25.6. The molecule has 5 heteroatoms. The van der Waals surface area contributed by atoms with Crippen LogP contribution in [0.3, 0.4) is 0 Å². The van der Waals surface area contributed by atoms with E-state index in [1.165, 1.54) is 32.9 Å². The maximum atomic E-state index is 6.41. The van der Waals surface area contributed by atoms with Crippen molar-refractivity contribution in [3.05, 3.63) is 400 Å². The van der Waals surface area contributed by atoms with Gasteiger partial charge in [0.2, 0.25) is 0 Å². The van der Waals surface area contributed by atoms with E-state index in [2.05, 4.69) is 408 Å². The fraction of sp³-hybridized carbons (Fsp3) is 0. The molecule has 0 radical (unpaired) electrons. The summed E-state index contributed by atoms with van der Waals surface area (Å²) in [5, 5.41) is 4.73. The Morgan fingerprint density at radius 2 is 0.475 bits per heavy atom. The van der Waals surface area contributed by atoms with Crippen molar-refractivity contribution in [1.82, 2.24) is 4.57 Å². The van der Waals surface area contributed by atoms with Crippen LogP contribution in [0.2, 0.25) is 0 Å². The lowest BCUT2D eigenvalue weighted by atomic mass is 9.98. The van der Waals surface area contributed by atoms with Crippen LogP contribution in [-0.4, -0.2) is 4.57 Å². The first kappa shape index (κ1) is 60.0. The molecule has 0 spiro atoms. The molecule has 16 aromatic carbocycles. The lowest BCUT2D eigenvalue weighted by molar-refractivity contribution is 0.670. The van der Waals surface area contributed by atoms with Crippen LogP contribution in [0.1, 0.15) is 0 Å². The van der Waals surface area contributed by atoms with Gasteiger partial charge in [0, 0.05) is 84.0 Å². The Labute approximate surface area is 587 Å². The zero-order valence-electron chi connectivity index (χ0n) is 55.3. The third kappa shape index (κ3) is 11.5. The molecule has 5 nitrogen and oxygen atoms in total. The standard InChI is InChI=1S/C96H66N4O/c1-5-18-78(19-6-1)97(79-20-7-2-8-21-79)82-53-42-71(43-54-82)73-46-59-85(60-47-73)99(86-61-48-74(49-62-86)72-44-55-83(56-45-72)98(80-22-9-3-10-23-80)81-24-11-4-12-25-81)84-57-40-69(41-58-84)67-32-34-68(35-33-67)70-50-63-87(64-51-70)100-93-30-15-13-26-89(93)92-66-77(52-65-94(92)100)75-36-38-76(39-37-75)88-28-17-29-91-90-27-14-16-31-95(90)101-96(88)91/h1-66H. The number of furan rings is 1. The number of para-hydroxylation sites is 7. The van der Waals surface area contributed by atoms with E-state index in [9.17, 15) is 0 Å². The fourth-order valence-electron chi connectivity index (χ4n) is 14.6. The van der Waals surface area contributed by atoms with E-state index in [1.54, 1.807) is 0 Å². The Morgan fingerprint density at radius 3 is 0.881 bits per heavy atom. The molecule has 101 heavy (non-hydrogen) atoms. The molecule has 2 heterocycles. The number of hydrogen-bond donors (Lipinski definition) is 0. The quantitative estimate of drug-likeness (QED) is 0.0964. The van der Waals surface area contributed by atoms with Crippen molar-refractivity contribution >= 4 is 94.9 Å². The third-order valence-corrected chi connectivity index (χ3v) is 19.6. The van der Waals surface area contributed by atoms with Gasteiger partial charge in [-0.25, -0.2) is 0 Å². The highest BCUT2D eigenvalue weighted by Crippen LogP contribution is 2.44. The average molecular weight is 1290 g/mol. The van der Waals surface area contributed by atoms with Crippen LogP contribution < -0.4 is 14.7 Å². The summed E-state index contributed by atoms with van der Waals surface area (Å²) >= 11 is 0. The molecular weight excluding hydrogens is 1230 g/mol. The van der Waals surface area contributed by atoms with E-state index in [4.69, 9.17) is 4.42 Å². The van der Waals surface area contributed by atoms with Gasteiger partial charge in [-0.2, -0.15) is 0 Å². The summed E-state index contributed by atoms with van der Waals surface area (Å²) in [6.45, 7) is 0. The second kappa shape index (κ2) is 26.2. The monoisotopic (exact) mass is 1290 g/mol. The number of rotatable bonds is 16. The average Bonchev–Trinajstić information content (AvgIpc) is 1.60. The van der Waals surface area contributed by atoms with Gasteiger partial charge in [-0.15, -0.1) is 0 Å². The highest BCUT2D eigenvalue weighted by atomic mass is 16.3. The van der Waals surface area contributed by atoms with E-state index >= 15 is 0 Å². The summed E-state index contributed by atoms with van der Waals surface area (Å²) in [4.78, 5) is 6.95. The number of aromatic nitrogens is 1. The largest absolute Gasteiger partial charge is 0.455 e. The SMILES string of the molecule is c1ccc(N(c2ccccc2)c2ccc(-c3ccc(N(c4ccc(-c5ccc(-c6ccc(-n7c8ccccc8c8cc(-c9ccc(-c%10cccc%11c%10oc%10ccccc%10%11)cc9)ccc87)cc6)cc5)cc4)c4ccc(-c5ccc(N(c6ccccc6)c6ccccc6)cc5)cc4)cc3)cc2)cc1. The molecule has 0 aliphatic rings. The van der Waals surface area contributed by atoms with E-state index in [1.807, 2.05) is 12.1 Å². The molecule has 0 atom stereocenters. The molecule has 0 saturated heterocycles. The molecular formula is C96H66N4O. The topological polar surface area (TPSA) is 27.8 Å². The molecule has 18 aromatic rings. The molecule has 0 aliphatic carbocycles. The van der Waals surface area contributed by atoms with Crippen LogP contribution >= 0.6 is 0 Å². The lowest BCUT2D eigenvalue weighted by Gasteiger charge is -2.27. The first-order valence-electron chi connectivity index (χ1n) is 34.4. The summed E-state index contributed by atoms with van der Waals surface area (Å²) in [6, 6.07) is 144. The summed E-state index contributed by atoms with van der Waals surface area (Å²) in [7, 11) is 0. The van der Waals surface area contributed by atoms with Crippen LogP contribution in [0.25, 0.3) is 116 Å². The maximum Gasteiger partial charge on any atom is 0.143 e.